The van der Waals surface area contributed by atoms with Crippen molar-refractivity contribution in [3.8, 4) is 11.5 Å². The molecule has 0 aromatic heterocycles. The Balaban J connectivity index is 2.15. The minimum absolute atomic E-state index is 0.365. The average molecular weight is 325 g/mol. The summed E-state index contributed by atoms with van der Waals surface area (Å²) < 4.78 is 10.4. The maximum Gasteiger partial charge on any atom is 0.122 e. The Hall–Kier alpha value is -2.95. The Morgan fingerprint density at radius 2 is 1.33 bits per heavy atom. The van der Waals surface area contributed by atoms with Crippen LogP contribution in [-0.2, 0) is 13.1 Å². The van der Waals surface area contributed by atoms with Crippen molar-refractivity contribution in [3.05, 3.63) is 71.9 Å². The van der Waals surface area contributed by atoms with E-state index in [0.717, 1.165) is 22.6 Å². The Morgan fingerprint density at radius 3 is 1.67 bits per heavy atom. The SMILES string of the molecule is COc1ccc(CN(Cc2ccc(OC)cc2)C(=N)/C=C/N)cc1. The molecule has 2 rings (SSSR count). The highest BCUT2D eigenvalue weighted by Gasteiger charge is 2.10. The van der Waals surface area contributed by atoms with Gasteiger partial charge in [-0.2, -0.15) is 0 Å². The molecule has 0 saturated carbocycles. The second-order valence-electron chi connectivity index (χ2n) is 5.30. The average Bonchev–Trinajstić information content (AvgIpc) is 2.62. The van der Waals surface area contributed by atoms with Crippen molar-refractivity contribution < 1.29 is 9.47 Å². The largest absolute Gasteiger partial charge is 0.497 e. The zero-order valence-corrected chi connectivity index (χ0v) is 14.0. The van der Waals surface area contributed by atoms with E-state index in [2.05, 4.69) is 0 Å². The van der Waals surface area contributed by atoms with Gasteiger partial charge in [0, 0.05) is 13.1 Å². The molecule has 0 aliphatic carbocycles. The quantitative estimate of drug-likeness (QED) is 0.606. The summed E-state index contributed by atoms with van der Waals surface area (Å²) in [5, 5.41) is 8.21. The monoisotopic (exact) mass is 325 g/mol. The molecule has 0 heterocycles. The number of amidine groups is 1. The third-order valence-electron chi connectivity index (χ3n) is 3.66. The van der Waals surface area contributed by atoms with E-state index in [-0.39, 0.29) is 0 Å². The molecule has 0 fully saturated rings. The zero-order chi connectivity index (χ0) is 17.4. The molecule has 5 heteroatoms. The third kappa shape index (κ3) is 4.78. The number of hydrogen-bond donors (Lipinski definition) is 2. The van der Waals surface area contributed by atoms with E-state index < -0.39 is 0 Å². The van der Waals surface area contributed by atoms with Gasteiger partial charge in [-0.25, -0.2) is 0 Å². The molecule has 0 radical (unpaired) electrons. The summed E-state index contributed by atoms with van der Waals surface area (Å²) in [4.78, 5) is 1.95. The molecule has 5 nitrogen and oxygen atoms in total. The second kappa shape index (κ2) is 8.62. The summed E-state index contributed by atoms with van der Waals surface area (Å²) >= 11 is 0. The maximum atomic E-state index is 8.21. The molecule has 0 bridgehead atoms. The van der Waals surface area contributed by atoms with Crippen molar-refractivity contribution in [2.45, 2.75) is 13.1 Å². The summed E-state index contributed by atoms with van der Waals surface area (Å²) in [7, 11) is 3.29. The van der Waals surface area contributed by atoms with Crippen molar-refractivity contribution >= 4 is 5.84 Å². The van der Waals surface area contributed by atoms with Gasteiger partial charge in [0.1, 0.15) is 17.3 Å². The number of nitrogens with one attached hydrogen (secondary N) is 1. The fourth-order valence-electron chi connectivity index (χ4n) is 2.33. The van der Waals surface area contributed by atoms with E-state index in [4.69, 9.17) is 20.6 Å². The number of ether oxygens (including phenoxy) is 2. The first kappa shape index (κ1) is 17.4. The number of nitrogens with zero attached hydrogens (tertiary/aromatic N) is 1. The number of nitrogens with two attached hydrogens (primary N) is 1. The molecular formula is C19H23N3O2. The first-order valence-electron chi connectivity index (χ1n) is 7.64. The van der Waals surface area contributed by atoms with Crippen LogP contribution in [0.3, 0.4) is 0 Å². The van der Waals surface area contributed by atoms with Gasteiger partial charge in [-0.15, -0.1) is 0 Å². The van der Waals surface area contributed by atoms with Crippen LogP contribution in [0.15, 0.2) is 60.8 Å². The Morgan fingerprint density at radius 1 is 0.917 bits per heavy atom. The lowest BCUT2D eigenvalue weighted by molar-refractivity contribution is 0.400. The number of hydrogen-bond acceptors (Lipinski definition) is 4. The minimum atomic E-state index is 0.365. The van der Waals surface area contributed by atoms with Gasteiger partial charge in [-0.05, 0) is 47.7 Å². The number of benzene rings is 2. The summed E-state index contributed by atoms with van der Waals surface area (Å²) in [5.74, 6) is 2.00. The summed E-state index contributed by atoms with van der Waals surface area (Å²) in [6, 6.07) is 15.7. The van der Waals surface area contributed by atoms with Crippen LogP contribution >= 0.6 is 0 Å². The van der Waals surface area contributed by atoms with Gasteiger partial charge < -0.3 is 20.1 Å². The van der Waals surface area contributed by atoms with Gasteiger partial charge in [-0.1, -0.05) is 24.3 Å². The first-order valence-corrected chi connectivity index (χ1v) is 7.64. The van der Waals surface area contributed by atoms with Gasteiger partial charge in [0.2, 0.25) is 0 Å². The van der Waals surface area contributed by atoms with E-state index in [1.165, 1.54) is 6.20 Å². The summed E-state index contributed by atoms with van der Waals surface area (Å²) in [5.41, 5.74) is 7.64. The van der Waals surface area contributed by atoms with Crippen LogP contribution in [0.5, 0.6) is 11.5 Å². The fourth-order valence-corrected chi connectivity index (χ4v) is 2.33. The van der Waals surface area contributed by atoms with Gasteiger partial charge in [0.05, 0.1) is 14.2 Å². The van der Waals surface area contributed by atoms with Crippen LogP contribution in [0.4, 0.5) is 0 Å². The predicted molar refractivity (Wildman–Crippen MR) is 96.3 cm³/mol. The lowest BCUT2D eigenvalue weighted by Crippen LogP contribution is -2.28. The van der Waals surface area contributed by atoms with E-state index in [1.54, 1.807) is 20.3 Å². The topological polar surface area (TPSA) is 71.6 Å². The normalized spacial score (nSPS) is 10.6. The van der Waals surface area contributed by atoms with Crippen LogP contribution in [-0.4, -0.2) is 25.0 Å². The Labute approximate surface area is 142 Å². The molecule has 126 valence electrons. The van der Waals surface area contributed by atoms with Crippen molar-refractivity contribution in [3.63, 3.8) is 0 Å². The smallest absolute Gasteiger partial charge is 0.122 e. The van der Waals surface area contributed by atoms with Crippen molar-refractivity contribution in [2.24, 2.45) is 5.73 Å². The predicted octanol–water partition coefficient (Wildman–Crippen LogP) is 3.16. The lowest BCUT2D eigenvalue weighted by Gasteiger charge is -2.24. The van der Waals surface area contributed by atoms with Crippen LogP contribution in [0, 0.1) is 5.41 Å². The van der Waals surface area contributed by atoms with Crippen LogP contribution in [0.1, 0.15) is 11.1 Å². The van der Waals surface area contributed by atoms with Gasteiger partial charge in [-0.3, -0.25) is 5.41 Å². The van der Waals surface area contributed by atoms with Crippen LogP contribution in [0.2, 0.25) is 0 Å². The molecule has 24 heavy (non-hydrogen) atoms. The third-order valence-corrected chi connectivity index (χ3v) is 3.66. The molecular weight excluding hydrogens is 302 g/mol. The minimum Gasteiger partial charge on any atom is -0.497 e. The highest BCUT2D eigenvalue weighted by atomic mass is 16.5. The van der Waals surface area contributed by atoms with Gasteiger partial charge in [0.25, 0.3) is 0 Å². The van der Waals surface area contributed by atoms with E-state index in [0.29, 0.717) is 18.9 Å². The van der Waals surface area contributed by atoms with E-state index in [1.807, 2.05) is 53.4 Å². The molecule has 0 unspecified atom stereocenters. The molecule has 0 aliphatic heterocycles. The molecule has 2 aromatic rings. The van der Waals surface area contributed by atoms with Crippen LogP contribution in [0.25, 0.3) is 0 Å². The fraction of sp³-hybridized carbons (Fsp3) is 0.211. The maximum absolute atomic E-state index is 8.21. The van der Waals surface area contributed by atoms with Crippen molar-refractivity contribution in [1.82, 2.24) is 4.90 Å². The lowest BCUT2D eigenvalue weighted by atomic mass is 10.1. The highest BCUT2D eigenvalue weighted by molar-refractivity contribution is 5.90. The first-order chi connectivity index (χ1) is 11.7. The number of methoxy groups -OCH3 is 2. The molecule has 0 spiro atoms. The standard InChI is InChI=1S/C19H23N3O2/c1-23-17-7-3-15(4-8-17)13-22(19(21)11-12-20)14-16-5-9-18(24-2)10-6-16/h3-12,21H,13-14,20H2,1-2H3/b12-11+,21-19?. The van der Waals surface area contributed by atoms with E-state index >= 15 is 0 Å². The molecule has 0 atom stereocenters. The molecule has 0 saturated heterocycles. The Bertz CT molecular complexity index is 629. The highest BCUT2D eigenvalue weighted by Crippen LogP contribution is 2.17. The summed E-state index contributed by atoms with van der Waals surface area (Å²) in [6.45, 7) is 1.22. The van der Waals surface area contributed by atoms with Crippen molar-refractivity contribution in [2.75, 3.05) is 14.2 Å². The molecule has 2 aromatic carbocycles. The molecule has 0 aliphatic rings. The summed E-state index contributed by atoms with van der Waals surface area (Å²) in [6.07, 6.45) is 2.98. The van der Waals surface area contributed by atoms with Gasteiger partial charge >= 0.3 is 0 Å². The zero-order valence-electron chi connectivity index (χ0n) is 14.0. The Kier molecular flexibility index (Phi) is 6.25. The van der Waals surface area contributed by atoms with Crippen molar-refractivity contribution in [1.29, 1.82) is 5.41 Å². The van der Waals surface area contributed by atoms with Gasteiger partial charge in [0.15, 0.2) is 0 Å². The van der Waals surface area contributed by atoms with E-state index in [9.17, 15) is 0 Å². The number of rotatable bonds is 7. The second-order valence-corrected chi connectivity index (χ2v) is 5.30. The molecule has 0 amide bonds. The van der Waals surface area contributed by atoms with Crippen LogP contribution < -0.4 is 15.2 Å². The molecule has 3 N–H and O–H groups in total.